The molecule has 0 unspecified atom stereocenters. The molecule has 0 saturated heterocycles. The molecular weight excluding hydrogens is 157 g/mol. The monoisotopic (exact) mass is 167 g/mol. The first-order valence-corrected chi connectivity index (χ1v) is 6.31. The fourth-order valence-electron chi connectivity index (χ4n) is 1.10. The second-order valence-corrected chi connectivity index (χ2v) is 6.99. The average molecular weight is 167 g/mol. The van der Waals surface area contributed by atoms with E-state index in [0.717, 1.165) is 11.5 Å². The zero-order chi connectivity index (χ0) is 7.90. The molecule has 0 fully saturated rings. The highest BCUT2D eigenvalue weighted by atomic mass is 31.2. The van der Waals surface area contributed by atoms with Crippen molar-refractivity contribution in [3.63, 3.8) is 0 Å². The molecule has 0 aromatic carbocycles. The van der Waals surface area contributed by atoms with Crippen LogP contribution in [0.25, 0.3) is 6.08 Å². The summed E-state index contributed by atoms with van der Waals surface area (Å²) < 4.78 is 5.14. The maximum absolute atomic E-state index is 5.14. The number of fused-ring (bicyclic) bond motifs is 1. The molecule has 2 nitrogen and oxygen atoms in total. The second-order valence-electron chi connectivity index (χ2n) is 3.18. The SMILES string of the molecule is CP1(C)=Cc2ncoc2C=C1. The van der Waals surface area contributed by atoms with Crippen molar-refractivity contribution in [2.45, 2.75) is 0 Å². The molecule has 2 rings (SSSR count). The molecular formula is C8H10NOP. The van der Waals surface area contributed by atoms with Crippen LogP contribution in [0.1, 0.15) is 11.5 Å². The van der Waals surface area contributed by atoms with Crippen LogP contribution in [-0.2, 0) is 0 Å². The van der Waals surface area contributed by atoms with Crippen LogP contribution in [0, 0.1) is 0 Å². The number of oxazole rings is 1. The van der Waals surface area contributed by atoms with Gasteiger partial charge in [0.1, 0.15) is 5.69 Å². The number of aromatic nitrogens is 1. The zero-order valence-corrected chi connectivity index (χ0v) is 7.51. The summed E-state index contributed by atoms with van der Waals surface area (Å²) in [5.41, 5.74) is 1.01. The second kappa shape index (κ2) is 2.12. The summed E-state index contributed by atoms with van der Waals surface area (Å²) in [6, 6.07) is 0. The normalized spacial score (nSPS) is 19.1. The maximum atomic E-state index is 5.14. The third-order valence-electron chi connectivity index (χ3n) is 1.69. The van der Waals surface area contributed by atoms with Crippen molar-refractivity contribution in [3.05, 3.63) is 23.7 Å². The van der Waals surface area contributed by atoms with Gasteiger partial charge in [-0.1, -0.05) is 12.7 Å². The van der Waals surface area contributed by atoms with Gasteiger partial charge in [0.2, 0.25) is 0 Å². The van der Waals surface area contributed by atoms with Gasteiger partial charge in [-0.15, -0.1) is 0 Å². The van der Waals surface area contributed by atoms with Crippen molar-refractivity contribution in [3.8, 4) is 0 Å². The fourth-order valence-corrected chi connectivity index (χ4v) is 2.53. The molecule has 3 heteroatoms. The van der Waals surface area contributed by atoms with Gasteiger partial charge in [0.15, 0.2) is 12.2 Å². The standard InChI is InChI=1S/C8H10NOP/c1-11(2)4-3-8-7(5-11)9-6-10-8/h3-6H,1-2H3. The quantitative estimate of drug-likeness (QED) is 0.553. The van der Waals surface area contributed by atoms with Crippen molar-refractivity contribution < 1.29 is 4.42 Å². The maximum Gasteiger partial charge on any atom is 0.181 e. The van der Waals surface area contributed by atoms with E-state index in [0.29, 0.717) is 0 Å². The van der Waals surface area contributed by atoms with Gasteiger partial charge in [-0.2, -0.15) is 0 Å². The smallest absolute Gasteiger partial charge is 0.181 e. The van der Waals surface area contributed by atoms with Gasteiger partial charge >= 0.3 is 0 Å². The van der Waals surface area contributed by atoms with E-state index in [1.54, 1.807) is 0 Å². The Balaban J connectivity index is 2.65. The van der Waals surface area contributed by atoms with Crippen molar-refractivity contribution in [2.75, 3.05) is 13.3 Å². The summed E-state index contributed by atoms with van der Waals surface area (Å²) >= 11 is 0. The lowest BCUT2D eigenvalue weighted by Crippen LogP contribution is -1.91. The first-order valence-electron chi connectivity index (χ1n) is 3.49. The highest BCUT2D eigenvalue weighted by molar-refractivity contribution is 7.77. The Morgan fingerprint density at radius 2 is 2.27 bits per heavy atom. The molecule has 0 atom stereocenters. The Morgan fingerprint density at radius 3 is 3.09 bits per heavy atom. The summed E-state index contributed by atoms with van der Waals surface area (Å²) in [6.45, 7) is 3.54. The Labute approximate surface area is 65.9 Å². The predicted molar refractivity (Wildman–Crippen MR) is 49.5 cm³/mol. The molecule has 0 aliphatic carbocycles. The molecule has 0 amide bonds. The van der Waals surface area contributed by atoms with Gasteiger partial charge in [-0.3, -0.25) is 0 Å². The molecule has 58 valence electrons. The van der Waals surface area contributed by atoms with Crippen LogP contribution in [0.15, 0.2) is 16.6 Å². The lowest BCUT2D eigenvalue weighted by Gasteiger charge is -2.11. The summed E-state index contributed by atoms with van der Waals surface area (Å²) in [5, 5.41) is 0. The topological polar surface area (TPSA) is 26.0 Å². The largest absolute Gasteiger partial charge is 0.443 e. The summed E-state index contributed by atoms with van der Waals surface area (Å²) in [6.07, 6.45) is 3.52. The van der Waals surface area contributed by atoms with Crippen molar-refractivity contribution >= 4 is 18.8 Å². The molecule has 1 aliphatic heterocycles. The molecule has 0 bridgehead atoms. The van der Waals surface area contributed by atoms with E-state index in [2.05, 4.69) is 29.9 Å². The Morgan fingerprint density at radius 1 is 1.45 bits per heavy atom. The van der Waals surface area contributed by atoms with Gasteiger partial charge in [0.25, 0.3) is 0 Å². The van der Waals surface area contributed by atoms with Gasteiger partial charge in [-0.25, -0.2) is 4.98 Å². The summed E-state index contributed by atoms with van der Waals surface area (Å²) in [7, 11) is 0. The Kier molecular flexibility index (Phi) is 1.33. The van der Waals surface area contributed by atoms with E-state index in [4.69, 9.17) is 4.42 Å². The van der Waals surface area contributed by atoms with E-state index >= 15 is 0 Å². The average Bonchev–Trinajstić information content (AvgIpc) is 2.31. The highest BCUT2D eigenvalue weighted by Gasteiger charge is 2.10. The molecule has 1 aromatic rings. The van der Waals surface area contributed by atoms with Crippen LogP contribution in [0.2, 0.25) is 0 Å². The van der Waals surface area contributed by atoms with Crippen LogP contribution < -0.4 is 0 Å². The lowest BCUT2D eigenvalue weighted by atomic mass is 10.4. The number of hydrogen-bond donors (Lipinski definition) is 0. The summed E-state index contributed by atoms with van der Waals surface area (Å²) in [4.78, 5) is 4.11. The van der Waals surface area contributed by atoms with E-state index in [1.807, 2.05) is 6.08 Å². The lowest BCUT2D eigenvalue weighted by molar-refractivity contribution is 0.548. The van der Waals surface area contributed by atoms with Crippen molar-refractivity contribution in [1.29, 1.82) is 0 Å². The first kappa shape index (κ1) is 6.93. The van der Waals surface area contributed by atoms with Crippen molar-refractivity contribution in [2.24, 2.45) is 0 Å². The number of hydrogen-bond acceptors (Lipinski definition) is 2. The van der Waals surface area contributed by atoms with Crippen LogP contribution >= 0.6 is 6.89 Å². The first-order chi connectivity index (χ1) is 5.17. The van der Waals surface area contributed by atoms with Gasteiger partial charge in [0.05, 0.1) is 0 Å². The van der Waals surface area contributed by atoms with E-state index in [1.165, 1.54) is 6.39 Å². The third kappa shape index (κ3) is 1.19. The highest BCUT2D eigenvalue weighted by Crippen LogP contribution is 2.43. The van der Waals surface area contributed by atoms with Crippen LogP contribution in [0.3, 0.4) is 0 Å². The minimum Gasteiger partial charge on any atom is -0.443 e. The summed E-state index contributed by atoms with van der Waals surface area (Å²) in [5.74, 6) is 5.33. The van der Waals surface area contributed by atoms with E-state index in [-0.39, 0.29) is 0 Å². The predicted octanol–water partition coefficient (Wildman–Crippen LogP) is 2.09. The molecule has 1 aromatic heterocycles. The van der Waals surface area contributed by atoms with Gasteiger partial charge < -0.3 is 4.42 Å². The molecule has 1 aliphatic rings. The zero-order valence-electron chi connectivity index (χ0n) is 6.61. The number of rotatable bonds is 0. The molecule has 0 spiro atoms. The Hall–Kier alpha value is -0.750. The van der Waals surface area contributed by atoms with Crippen LogP contribution in [0.5, 0.6) is 0 Å². The minimum absolute atomic E-state index is 0.893. The van der Waals surface area contributed by atoms with Crippen LogP contribution in [0.4, 0.5) is 0 Å². The Bertz CT molecular complexity index is 356. The van der Waals surface area contributed by atoms with Crippen LogP contribution in [-0.4, -0.2) is 24.1 Å². The third-order valence-corrected chi connectivity index (χ3v) is 3.52. The minimum atomic E-state index is -0.964. The number of nitrogens with zero attached hydrogens (tertiary/aromatic N) is 1. The van der Waals surface area contributed by atoms with E-state index in [9.17, 15) is 0 Å². The molecule has 0 N–H and O–H groups in total. The van der Waals surface area contributed by atoms with Crippen molar-refractivity contribution in [1.82, 2.24) is 4.98 Å². The molecule has 0 radical (unpaired) electrons. The van der Waals surface area contributed by atoms with E-state index < -0.39 is 6.89 Å². The van der Waals surface area contributed by atoms with Gasteiger partial charge in [0, 0.05) is 0 Å². The van der Waals surface area contributed by atoms with Gasteiger partial charge in [-0.05, 0) is 25.2 Å². The molecule has 0 saturated carbocycles. The fraction of sp³-hybridized carbons (Fsp3) is 0.250. The molecule has 11 heavy (non-hydrogen) atoms. The molecule has 2 heterocycles.